The van der Waals surface area contributed by atoms with Gasteiger partial charge in [-0.25, -0.2) is 0 Å². The molecule has 0 spiro atoms. The van der Waals surface area contributed by atoms with E-state index < -0.39 is 0 Å². The van der Waals surface area contributed by atoms with Crippen molar-refractivity contribution in [3.05, 3.63) is 62.5 Å². The van der Waals surface area contributed by atoms with Gasteiger partial charge in [0.1, 0.15) is 5.75 Å². The van der Waals surface area contributed by atoms with E-state index in [1.54, 1.807) is 7.11 Å². The van der Waals surface area contributed by atoms with Crippen molar-refractivity contribution in [3.8, 4) is 5.75 Å². The Labute approximate surface area is 143 Å². The second kappa shape index (κ2) is 7.43. The van der Waals surface area contributed by atoms with Crippen molar-refractivity contribution < 1.29 is 4.74 Å². The molecule has 0 amide bonds. The molecule has 4 heteroatoms. The molecule has 2 atom stereocenters. The Morgan fingerprint density at radius 1 is 0.952 bits per heavy atom. The van der Waals surface area contributed by atoms with Gasteiger partial charge in [0.05, 0.1) is 11.6 Å². The van der Waals surface area contributed by atoms with E-state index in [2.05, 4.69) is 81.4 Å². The molecule has 0 aromatic heterocycles. The minimum absolute atomic E-state index is 0.251. The van der Waals surface area contributed by atoms with E-state index in [1.807, 2.05) is 12.1 Å². The smallest absolute Gasteiger partial charge is 0.133 e. The van der Waals surface area contributed by atoms with Gasteiger partial charge in [0.25, 0.3) is 0 Å². The maximum atomic E-state index is 5.27. The fourth-order valence-electron chi connectivity index (χ4n) is 2.30. The topological polar surface area (TPSA) is 21.3 Å². The quantitative estimate of drug-likeness (QED) is 0.686. The van der Waals surface area contributed by atoms with Crippen molar-refractivity contribution in [2.75, 3.05) is 7.11 Å². The van der Waals surface area contributed by atoms with Crippen LogP contribution in [0.25, 0.3) is 0 Å². The Morgan fingerprint density at radius 2 is 1.62 bits per heavy atom. The Hall–Kier alpha value is -0.840. The van der Waals surface area contributed by atoms with E-state index in [4.69, 9.17) is 4.74 Å². The molecule has 2 aromatic rings. The molecule has 0 aliphatic heterocycles. The molecule has 2 unspecified atom stereocenters. The summed E-state index contributed by atoms with van der Waals surface area (Å²) in [6.45, 7) is 4.35. The van der Waals surface area contributed by atoms with E-state index in [1.165, 1.54) is 11.1 Å². The average Bonchev–Trinajstić information content (AvgIpc) is 2.47. The van der Waals surface area contributed by atoms with Crippen LogP contribution in [-0.4, -0.2) is 7.11 Å². The summed E-state index contributed by atoms with van der Waals surface area (Å²) >= 11 is 7.06. The molecule has 0 aliphatic carbocycles. The Kier molecular flexibility index (Phi) is 5.85. The van der Waals surface area contributed by atoms with Crippen LogP contribution in [0.3, 0.4) is 0 Å². The number of halogens is 2. The van der Waals surface area contributed by atoms with E-state index in [0.29, 0.717) is 0 Å². The largest absolute Gasteiger partial charge is 0.496 e. The van der Waals surface area contributed by atoms with Gasteiger partial charge in [-0.2, -0.15) is 0 Å². The molecule has 2 rings (SSSR count). The first kappa shape index (κ1) is 16.5. The Balaban J connectivity index is 2.10. The maximum Gasteiger partial charge on any atom is 0.133 e. The van der Waals surface area contributed by atoms with Crippen LogP contribution in [0, 0.1) is 0 Å². The molecule has 0 aliphatic rings. The number of nitrogens with one attached hydrogen (secondary N) is 1. The van der Waals surface area contributed by atoms with Crippen LogP contribution in [0.4, 0.5) is 0 Å². The number of benzene rings is 2. The molecule has 21 heavy (non-hydrogen) atoms. The third-order valence-electron chi connectivity index (χ3n) is 3.52. The molecule has 0 saturated carbocycles. The minimum Gasteiger partial charge on any atom is -0.496 e. The first-order chi connectivity index (χ1) is 10.0. The van der Waals surface area contributed by atoms with Gasteiger partial charge in [-0.3, -0.25) is 0 Å². The number of methoxy groups -OCH3 is 1. The van der Waals surface area contributed by atoms with Gasteiger partial charge < -0.3 is 10.1 Å². The first-order valence-corrected chi connectivity index (χ1v) is 8.45. The van der Waals surface area contributed by atoms with Crippen LogP contribution in [0.2, 0.25) is 0 Å². The highest BCUT2D eigenvalue weighted by atomic mass is 79.9. The van der Waals surface area contributed by atoms with Gasteiger partial charge >= 0.3 is 0 Å². The predicted molar refractivity (Wildman–Crippen MR) is 94.8 cm³/mol. The molecule has 1 N–H and O–H groups in total. The summed E-state index contributed by atoms with van der Waals surface area (Å²) in [5.41, 5.74) is 2.49. The second-order valence-electron chi connectivity index (χ2n) is 5.06. The standard InChI is InChI=1S/C17H19Br2NO/c1-11(13-5-4-6-15(18)9-13)20-12(2)14-7-8-17(21-3)16(19)10-14/h4-12,20H,1-3H3. The fourth-order valence-corrected chi connectivity index (χ4v) is 3.27. The molecule has 2 nitrogen and oxygen atoms in total. The van der Waals surface area contributed by atoms with Crippen LogP contribution in [-0.2, 0) is 0 Å². The van der Waals surface area contributed by atoms with Crippen LogP contribution >= 0.6 is 31.9 Å². The molecule has 112 valence electrons. The van der Waals surface area contributed by atoms with Crippen molar-refractivity contribution in [2.45, 2.75) is 25.9 Å². The van der Waals surface area contributed by atoms with Crippen LogP contribution in [0.5, 0.6) is 5.75 Å². The summed E-state index contributed by atoms with van der Waals surface area (Å²) in [6, 6.07) is 15.1. The minimum atomic E-state index is 0.251. The van der Waals surface area contributed by atoms with Crippen molar-refractivity contribution in [1.29, 1.82) is 0 Å². The van der Waals surface area contributed by atoms with Gasteiger partial charge in [-0.05, 0) is 65.2 Å². The van der Waals surface area contributed by atoms with Crippen LogP contribution in [0.15, 0.2) is 51.4 Å². The molecule has 0 heterocycles. The summed E-state index contributed by atoms with van der Waals surface area (Å²) in [5.74, 6) is 0.853. The highest BCUT2D eigenvalue weighted by Crippen LogP contribution is 2.29. The highest BCUT2D eigenvalue weighted by Gasteiger charge is 2.12. The van der Waals surface area contributed by atoms with E-state index >= 15 is 0 Å². The van der Waals surface area contributed by atoms with Crippen molar-refractivity contribution in [2.24, 2.45) is 0 Å². The zero-order valence-electron chi connectivity index (χ0n) is 12.4. The third kappa shape index (κ3) is 4.31. The van der Waals surface area contributed by atoms with E-state index in [0.717, 1.165) is 14.7 Å². The summed E-state index contributed by atoms with van der Waals surface area (Å²) in [4.78, 5) is 0. The van der Waals surface area contributed by atoms with Crippen molar-refractivity contribution in [3.63, 3.8) is 0 Å². The Bertz CT molecular complexity index is 615. The zero-order chi connectivity index (χ0) is 15.4. The molecule has 0 bridgehead atoms. The van der Waals surface area contributed by atoms with Crippen LogP contribution < -0.4 is 10.1 Å². The number of ether oxygens (including phenoxy) is 1. The average molecular weight is 413 g/mol. The summed E-state index contributed by atoms with van der Waals surface area (Å²) < 4.78 is 7.35. The molecule has 0 radical (unpaired) electrons. The summed E-state index contributed by atoms with van der Waals surface area (Å²) in [6.07, 6.45) is 0. The molecule has 0 saturated heterocycles. The molecular weight excluding hydrogens is 394 g/mol. The molecule has 0 fully saturated rings. The lowest BCUT2D eigenvalue weighted by Gasteiger charge is -2.21. The van der Waals surface area contributed by atoms with Gasteiger partial charge in [0.2, 0.25) is 0 Å². The molecule has 2 aromatic carbocycles. The number of hydrogen-bond donors (Lipinski definition) is 1. The highest BCUT2D eigenvalue weighted by molar-refractivity contribution is 9.10. The van der Waals surface area contributed by atoms with Crippen LogP contribution in [0.1, 0.15) is 37.1 Å². The van der Waals surface area contributed by atoms with Gasteiger partial charge in [-0.1, -0.05) is 34.1 Å². The van der Waals surface area contributed by atoms with Gasteiger partial charge in [0.15, 0.2) is 0 Å². The zero-order valence-corrected chi connectivity index (χ0v) is 15.5. The lowest BCUT2D eigenvalue weighted by Crippen LogP contribution is -2.22. The summed E-state index contributed by atoms with van der Waals surface area (Å²) in [5, 5.41) is 3.62. The van der Waals surface area contributed by atoms with Crippen molar-refractivity contribution in [1.82, 2.24) is 5.32 Å². The van der Waals surface area contributed by atoms with Crippen molar-refractivity contribution >= 4 is 31.9 Å². The number of rotatable bonds is 5. The number of hydrogen-bond acceptors (Lipinski definition) is 2. The SMILES string of the molecule is COc1ccc(C(C)NC(C)c2cccc(Br)c2)cc1Br. The predicted octanol–water partition coefficient (Wildman–Crippen LogP) is 5.63. The van der Waals surface area contributed by atoms with E-state index in [9.17, 15) is 0 Å². The monoisotopic (exact) mass is 411 g/mol. The molecular formula is C17H19Br2NO. The second-order valence-corrected chi connectivity index (χ2v) is 6.83. The van der Waals surface area contributed by atoms with E-state index in [-0.39, 0.29) is 12.1 Å². The maximum absolute atomic E-state index is 5.27. The first-order valence-electron chi connectivity index (χ1n) is 6.86. The third-order valence-corrected chi connectivity index (χ3v) is 4.64. The Morgan fingerprint density at radius 3 is 2.19 bits per heavy atom. The van der Waals surface area contributed by atoms with Gasteiger partial charge in [-0.15, -0.1) is 0 Å². The lowest BCUT2D eigenvalue weighted by atomic mass is 10.0. The fraction of sp³-hybridized carbons (Fsp3) is 0.294. The lowest BCUT2D eigenvalue weighted by molar-refractivity contribution is 0.411. The van der Waals surface area contributed by atoms with Gasteiger partial charge in [0, 0.05) is 16.6 Å². The normalized spacial score (nSPS) is 13.8. The summed E-state index contributed by atoms with van der Waals surface area (Å²) in [7, 11) is 1.68.